The number of hydrogen-bond acceptors (Lipinski definition) is 8. The Morgan fingerprint density at radius 2 is 1.56 bits per heavy atom. The molecule has 184 valence electrons. The fourth-order valence-corrected chi connectivity index (χ4v) is 3.09. The second-order valence-corrected chi connectivity index (χ2v) is 7.80. The molecule has 0 aliphatic rings. The SMILES string of the molecule is O=C(CCC(=O)OCC(=O)c1ccc(OC(=O)c2ccc([N+](=O)[O-])cc2)cc1)Nc1cccc(Cl)c1. The minimum Gasteiger partial charge on any atom is -0.457 e. The van der Waals surface area contributed by atoms with Crippen molar-refractivity contribution in [2.24, 2.45) is 0 Å². The molecule has 3 aromatic rings. The maximum Gasteiger partial charge on any atom is 0.343 e. The van der Waals surface area contributed by atoms with Gasteiger partial charge in [0, 0.05) is 34.8 Å². The van der Waals surface area contributed by atoms with Gasteiger partial charge < -0.3 is 14.8 Å². The summed E-state index contributed by atoms with van der Waals surface area (Å²) in [5.74, 6) is -2.17. The number of Topliss-reactive ketones (excluding diaryl/α,β-unsaturated/α-hetero) is 1. The van der Waals surface area contributed by atoms with E-state index in [1.165, 1.54) is 48.5 Å². The molecule has 3 aromatic carbocycles. The molecule has 0 aliphatic heterocycles. The molecule has 36 heavy (non-hydrogen) atoms. The van der Waals surface area contributed by atoms with Crippen LogP contribution in [0.3, 0.4) is 0 Å². The zero-order valence-electron chi connectivity index (χ0n) is 18.6. The summed E-state index contributed by atoms with van der Waals surface area (Å²) < 4.78 is 10.1. The standard InChI is InChI=1S/C25H19ClN2O8/c26-18-2-1-3-19(14-18)27-23(30)12-13-24(31)35-15-22(29)16-6-10-21(11-7-16)36-25(32)17-4-8-20(9-5-17)28(33)34/h1-11,14H,12-13,15H2,(H,27,30). The molecule has 0 aliphatic carbocycles. The molecule has 10 nitrogen and oxygen atoms in total. The summed E-state index contributed by atoms with van der Waals surface area (Å²) in [5, 5.41) is 13.8. The van der Waals surface area contributed by atoms with Crippen molar-refractivity contribution >= 4 is 46.6 Å². The quantitative estimate of drug-likeness (QED) is 0.137. The smallest absolute Gasteiger partial charge is 0.343 e. The topological polar surface area (TPSA) is 142 Å². The largest absolute Gasteiger partial charge is 0.457 e. The number of nitro benzene ring substituents is 1. The van der Waals surface area contributed by atoms with Gasteiger partial charge in [-0.1, -0.05) is 17.7 Å². The number of benzene rings is 3. The van der Waals surface area contributed by atoms with Crippen molar-refractivity contribution in [1.29, 1.82) is 0 Å². The van der Waals surface area contributed by atoms with Crippen LogP contribution in [0.15, 0.2) is 72.8 Å². The molecule has 0 unspecified atom stereocenters. The number of carbonyl (C=O) groups is 4. The van der Waals surface area contributed by atoms with Crippen LogP contribution in [0.5, 0.6) is 5.75 Å². The van der Waals surface area contributed by atoms with Crippen LogP contribution in [0.25, 0.3) is 0 Å². The number of non-ortho nitro benzene ring substituents is 1. The van der Waals surface area contributed by atoms with E-state index >= 15 is 0 Å². The van der Waals surface area contributed by atoms with E-state index in [9.17, 15) is 29.3 Å². The summed E-state index contributed by atoms with van der Waals surface area (Å²) in [5.41, 5.74) is 0.680. The van der Waals surface area contributed by atoms with E-state index in [1.54, 1.807) is 24.3 Å². The van der Waals surface area contributed by atoms with E-state index in [2.05, 4.69) is 5.32 Å². The number of ether oxygens (including phenoxy) is 2. The minimum atomic E-state index is -0.725. The van der Waals surface area contributed by atoms with Gasteiger partial charge in [-0.05, 0) is 54.6 Å². The monoisotopic (exact) mass is 510 g/mol. The number of nitrogens with one attached hydrogen (secondary N) is 1. The first-order chi connectivity index (χ1) is 17.2. The zero-order valence-corrected chi connectivity index (χ0v) is 19.4. The van der Waals surface area contributed by atoms with Crippen molar-refractivity contribution in [2.45, 2.75) is 12.8 Å². The average molecular weight is 511 g/mol. The van der Waals surface area contributed by atoms with Crippen LogP contribution < -0.4 is 10.1 Å². The molecular formula is C25H19ClN2O8. The second-order valence-electron chi connectivity index (χ2n) is 7.36. The fourth-order valence-electron chi connectivity index (χ4n) is 2.90. The summed E-state index contributed by atoms with van der Waals surface area (Å²) in [6, 6.07) is 17.0. The van der Waals surface area contributed by atoms with Gasteiger partial charge >= 0.3 is 11.9 Å². The van der Waals surface area contributed by atoms with Gasteiger partial charge in [-0.15, -0.1) is 0 Å². The normalized spacial score (nSPS) is 10.2. The molecule has 0 bridgehead atoms. The Balaban J connectivity index is 1.42. The van der Waals surface area contributed by atoms with E-state index in [-0.39, 0.29) is 35.4 Å². The Morgan fingerprint density at radius 3 is 2.19 bits per heavy atom. The summed E-state index contributed by atoms with van der Waals surface area (Å²) >= 11 is 5.85. The third kappa shape index (κ3) is 7.74. The highest BCUT2D eigenvalue weighted by molar-refractivity contribution is 6.30. The average Bonchev–Trinajstić information content (AvgIpc) is 2.86. The van der Waals surface area contributed by atoms with Crippen molar-refractivity contribution in [2.75, 3.05) is 11.9 Å². The van der Waals surface area contributed by atoms with E-state index in [1.807, 2.05) is 0 Å². The Kier molecular flexibility index (Phi) is 8.84. The molecule has 0 saturated carbocycles. The number of nitro groups is 1. The zero-order chi connectivity index (χ0) is 26.1. The maximum atomic E-state index is 12.3. The number of rotatable bonds is 10. The van der Waals surface area contributed by atoms with Crippen LogP contribution in [0.1, 0.15) is 33.6 Å². The lowest BCUT2D eigenvalue weighted by molar-refractivity contribution is -0.384. The molecule has 0 atom stereocenters. The molecule has 0 fully saturated rings. The van der Waals surface area contributed by atoms with Crippen molar-refractivity contribution < 1.29 is 33.6 Å². The van der Waals surface area contributed by atoms with Crippen LogP contribution in [0, 0.1) is 10.1 Å². The molecule has 11 heteroatoms. The van der Waals surface area contributed by atoms with Crippen LogP contribution in [-0.4, -0.2) is 35.2 Å². The summed E-state index contributed by atoms with van der Waals surface area (Å²) in [6.45, 7) is -0.517. The molecular weight excluding hydrogens is 492 g/mol. The molecule has 0 radical (unpaired) electrons. The minimum absolute atomic E-state index is 0.119. The number of esters is 2. The van der Waals surface area contributed by atoms with Gasteiger partial charge in [-0.25, -0.2) is 4.79 Å². The molecule has 0 saturated heterocycles. The fraction of sp³-hybridized carbons (Fsp3) is 0.120. The van der Waals surface area contributed by atoms with Gasteiger partial charge in [0.2, 0.25) is 5.91 Å². The third-order valence-corrected chi connectivity index (χ3v) is 4.96. The predicted molar refractivity (Wildman–Crippen MR) is 129 cm³/mol. The number of halogens is 1. The van der Waals surface area contributed by atoms with Crippen molar-refractivity contribution in [3.63, 3.8) is 0 Å². The Labute approximate surface area is 209 Å². The Morgan fingerprint density at radius 1 is 0.889 bits per heavy atom. The van der Waals surface area contributed by atoms with E-state index in [4.69, 9.17) is 21.1 Å². The third-order valence-electron chi connectivity index (χ3n) is 4.73. The Bertz CT molecular complexity index is 1290. The summed E-state index contributed by atoms with van der Waals surface area (Å²) in [4.78, 5) is 58.4. The lowest BCUT2D eigenvalue weighted by atomic mass is 10.1. The highest BCUT2D eigenvalue weighted by atomic mass is 35.5. The number of amides is 1. The van der Waals surface area contributed by atoms with E-state index in [0.717, 1.165) is 0 Å². The second kappa shape index (κ2) is 12.2. The lowest BCUT2D eigenvalue weighted by Gasteiger charge is -2.07. The molecule has 3 rings (SSSR count). The highest BCUT2D eigenvalue weighted by Gasteiger charge is 2.14. The Hall–Kier alpha value is -4.57. The summed E-state index contributed by atoms with van der Waals surface area (Å²) in [7, 11) is 0. The van der Waals surface area contributed by atoms with Gasteiger partial charge in [0.15, 0.2) is 12.4 Å². The van der Waals surface area contributed by atoms with Gasteiger partial charge in [0.25, 0.3) is 5.69 Å². The molecule has 0 heterocycles. The van der Waals surface area contributed by atoms with Gasteiger partial charge in [0.1, 0.15) is 5.75 Å². The lowest BCUT2D eigenvalue weighted by Crippen LogP contribution is -2.17. The van der Waals surface area contributed by atoms with Gasteiger partial charge in [-0.2, -0.15) is 0 Å². The van der Waals surface area contributed by atoms with Crippen LogP contribution in [0.4, 0.5) is 11.4 Å². The van der Waals surface area contributed by atoms with Gasteiger partial charge in [0.05, 0.1) is 16.9 Å². The first-order valence-corrected chi connectivity index (χ1v) is 10.9. The predicted octanol–water partition coefficient (Wildman–Crippen LogP) is 4.61. The van der Waals surface area contributed by atoms with Gasteiger partial charge in [-0.3, -0.25) is 24.5 Å². The summed E-state index contributed by atoms with van der Waals surface area (Å²) in [6.07, 6.45) is -0.342. The highest BCUT2D eigenvalue weighted by Crippen LogP contribution is 2.18. The first-order valence-electron chi connectivity index (χ1n) is 10.5. The molecule has 0 aromatic heterocycles. The van der Waals surface area contributed by atoms with Crippen LogP contribution in [0.2, 0.25) is 5.02 Å². The van der Waals surface area contributed by atoms with Crippen molar-refractivity contribution in [3.8, 4) is 5.75 Å². The number of carbonyl (C=O) groups excluding carboxylic acids is 4. The van der Waals surface area contributed by atoms with Crippen molar-refractivity contribution in [3.05, 3.63) is 99.1 Å². The maximum absolute atomic E-state index is 12.3. The molecule has 1 N–H and O–H groups in total. The van der Waals surface area contributed by atoms with Crippen LogP contribution in [-0.2, 0) is 14.3 Å². The first kappa shape index (κ1) is 26.0. The number of anilines is 1. The number of nitrogens with zero attached hydrogens (tertiary/aromatic N) is 1. The van der Waals surface area contributed by atoms with Crippen molar-refractivity contribution in [1.82, 2.24) is 0 Å². The molecule has 1 amide bonds. The number of hydrogen-bond donors (Lipinski definition) is 1. The van der Waals surface area contributed by atoms with E-state index in [0.29, 0.717) is 10.7 Å². The number of ketones is 1. The van der Waals surface area contributed by atoms with Crippen LogP contribution >= 0.6 is 11.6 Å². The molecule has 0 spiro atoms. The van der Waals surface area contributed by atoms with E-state index < -0.39 is 35.2 Å².